The van der Waals surface area contributed by atoms with Gasteiger partial charge in [0.15, 0.2) is 6.61 Å². The Morgan fingerprint density at radius 2 is 1.83 bits per heavy atom. The highest BCUT2D eigenvalue weighted by molar-refractivity contribution is 5.94. The summed E-state index contributed by atoms with van der Waals surface area (Å²) in [6.45, 7) is 4.56. The molecule has 7 nitrogen and oxygen atoms in total. The Hall–Kier alpha value is -2.54. The molecule has 1 saturated heterocycles. The van der Waals surface area contributed by atoms with Crippen molar-refractivity contribution in [2.45, 2.75) is 26.1 Å². The number of nitrogens with zero attached hydrogens (tertiary/aromatic N) is 3. The monoisotopic (exact) mass is 329 g/mol. The Morgan fingerprint density at radius 1 is 1.17 bits per heavy atom. The van der Waals surface area contributed by atoms with Crippen LogP contribution in [0, 0.1) is 0 Å². The van der Waals surface area contributed by atoms with Gasteiger partial charge in [0, 0.05) is 25.5 Å². The van der Waals surface area contributed by atoms with Crippen molar-refractivity contribution in [1.29, 1.82) is 0 Å². The van der Waals surface area contributed by atoms with Crippen LogP contribution in [0.25, 0.3) is 11.0 Å². The Bertz CT molecular complexity index is 754. The van der Waals surface area contributed by atoms with Gasteiger partial charge in [-0.3, -0.25) is 14.8 Å². The van der Waals surface area contributed by atoms with Gasteiger partial charge in [-0.15, -0.1) is 0 Å². The molecule has 2 heterocycles. The van der Waals surface area contributed by atoms with Gasteiger partial charge in [0.2, 0.25) is 0 Å². The minimum absolute atomic E-state index is 0.0209. The fourth-order valence-electron chi connectivity index (χ4n) is 2.77. The van der Waals surface area contributed by atoms with E-state index in [2.05, 4.69) is 9.97 Å². The van der Waals surface area contributed by atoms with Gasteiger partial charge in [0.1, 0.15) is 0 Å². The number of amides is 1. The number of carbonyl (C=O) groups is 2. The van der Waals surface area contributed by atoms with Crippen molar-refractivity contribution in [3.05, 3.63) is 36.2 Å². The molecule has 0 bridgehead atoms. The molecule has 0 spiro atoms. The van der Waals surface area contributed by atoms with E-state index in [0.29, 0.717) is 29.7 Å². The molecule has 1 aliphatic heterocycles. The third-order valence-corrected chi connectivity index (χ3v) is 3.80. The summed E-state index contributed by atoms with van der Waals surface area (Å²) in [5.74, 6) is -0.767. The number of fused-ring (bicyclic) bond motifs is 1. The summed E-state index contributed by atoms with van der Waals surface area (Å²) in [7, 11) is 0. The van der Waals surface area contributed by atoms with Gasteiger partial charge >= 0.3 is 5.97 Å². The van der Waals surface area contributed by atoms with E-state index in [0.717, 1.165) is 0 Å². The van der Waals surface area contributed by atoms with Crippen molar-refractivity contribution in [1.82, 2.24) is 14.9 Å². The highest BCUT2D eigenvalue weighted by Gasteiger charge is 2.26. The van der Waals surface area contributed by atoms with Crippen LogP contribution in [0.5, 0.6) is 0 Å². The number of carbonyl (C=O) groups excluding carboxylic acids is 2. The molecule has 1 aromatic carbocycles. The first-order chi connectivity index (χ1) is 11.5. The number of hydrogen-bond acceptors (Lipinski definition) is 6. The fraction of sp³-hybridized carbons (Fsp3) is 0.412. The molecule has 7 heteroatoms. The van der Waals surface area contributed by atoms with Crippen LogP contribution in [0.15, 0.2) is 30.6 Å². The van der Waals surface area contributed by atoms with Crippen molar-refractivity contribution in [2.24, 2.45) is 0 Å². The van der Waals surface area contributed by atoms with Gasteiger partial charge in [0.25, 0.3) is 5.91 Å². The largest absolute Gasteiger partial charge is 0.452 e. The fourth-order valence-corrected chi connectivity index (χ4v) is 2.77. The van der Waals surface area contributed by atoms with Crippen molar-refractivity contribution < 1.29 is 19.1 Å². The summed E-state index contributed by atoms with van der Waals surface area (Å²) in [5, 5.41) is 0. The van der Waals surface area contributed by atoms with Crippen molar-refractivity contribution in [3.8, 4) is 0 Å². The highest BCUT2D eigenvalue weighted by Crippen LogP contribution is 2.13. The standard InChI is InChI=1S/C17H19N3O4/c1-11-8-20(9-12(2)24-11)16(21)10-23-17(22)13-3-4-14-15(7-13)19-6-5-18-14/h3-7,11-12H,8-10H2,1-2H3/t11-,12-/m0/s1. The number of rotatable bonds is 3. The Morgan fingerprint density at radius 3 is 2.54 bits per heavy atom. The predicted molar refractivity (Wildman–Crippen MR) is 86.4 cm³/mol. The normalized spacial score (nSPS) is 20.8. The van der Waals surface area contributed by atoms with E-state index in [4.69, 9.17) is 9.47 Å². The molecule has 2 atom stereocenters. The Kier molecular flexibility index (Phi) is 4.71. The van der Waals surface area contributed by atoms with Crippen LogP contribution in [0.3, 0.4) is 0 Å². The quantitative estimate of drug-likeness (QED) is 0.792. The van der Waals surface area contributed by atoms with Crippen LogP contribution in [-0.2, 0) is 14.3 Å². The summed E-state index contributed by atoms with van der Waals surface area (Å²) >= 11 is 0. The molecular formula is C17H19N3O4. The van der Waals surface area contributed by atoms with Crippen LogP contribution in [-0.4, -0.2) is 58.6 Å². The van der Waals surface area contributed by atoms with Crippen molar-refractivity contribution >= 4 is 22.9 Å². The zero-order valence-electron chi connectivity index (χ0n) is 13.6. The number of esters is 1. The maximum absolute atomic E-state index is 12.2. The highest BCUT2D eigenvalue weighted by atomic mass is 16.5. The molecule has 1 amide bonds. The first kappa shape index (κ1) is 16.3. The second-order valence-electron chi connectivity index (χ2n) is 5.89. The van der Waals surface area contributed by atoms with Crippen LogP contribution in [0.4, 0.5) is 0 Å². The molecular weight excluding hydrogens is 310 g/mol. The molecule has 1 fully saturated rings. The van der Waals surface area contributed by atoms with E-state index >= 15 is 0 Å². The van der Waals surface area contributed by atoms with Gasteiger partial charge < -0.3 is 14.4 Å². The number of hydrogen-bond donors (Lipinski definition) is 0. The van der Waals surface area contributed by atoms with Gasteiger partial charge in [-0.1, -0.05) is 0 Å². The number of ether oxygens (including phenoxy) is 2. The van der Waals surface area contributed by atoms with E-state index in [-0.39, 0.29) is 24.7 Å². The molecule has 24 heavy (non-hydrogen) atoms. The van der Waals surface area contributed by atoms with E-state index in [1.807, 2.05) is 13.8 Å². The molecule has 126 valence electrons. The molecule has 0 N–H and O–H groups in total. The average molecular weight is 329 g/mol. The van der Waals surface area contributed by atoms with E-state index in [1.54, 1.807) is 35.5 Å². The Labute approximate surface area is 139 Å². The summed E-state index contributed by atoms with van der Waals surface area (Å²) in [6.07, 6.45) is 3.10. The summed E-state index contributed by atoms with van der Waals surface area (Å²) in [4.78, 5) is 34.3. The zero-order valence-corrected chi connectivity index (χ0v) is 13.6. The van der Waals surface area contributed by atoms with Gasteiger partial charge in [-0.25, -0.2) is 4.79 Å². The van der Waals surface area contributed by atoms with Crippen LogP contribution in [0.1, 0.15) is 24.2 Å². The lowest BCUT2D eigenvalue weighted by Gasteiger charge is -2.35. The lowest BCUT2D eigenvalue weighted by atomic mass is 10.2. The summed E-state index contributed by atoms with van der Waals surface area (Å²) in [6, 6.07) is 4.92. The second-order valence-corrected chi connectivity index (χ2v) is 5.89. The SMILES string of the molecule is C[C@H]1CN(C(=O)COC(=O)c2ccc3nccnc3c2)C[C@H](C)O1. The zero-order chi connectivity index (χ0) is 17.1. The maximum Gasteiger partial charge on any atom is 0.338 e. The van der Waals surface area contributed by atoms with Gasteiger partial charge in [-0.2, -0.15) is 0 Å². The van der Waals surface area contributed by atoms with Crippen LogP contribution in [0.2, 0.25) is 0 Å². The minimum Gasteiger partial charge on any atom is -0.452 e. The lowest BCUT2D eigenvalue weighted by Crippen LogP contribution is -2.49. The topological polar surface area (TPSA) is 81.6 Å². The summed E-state index contributed by atoms with van der Waals surface area (Å²) in [5.41, 5.74) is 1.65. The molecule has 1 aromatic heterocycles. The smallest absolute Gasteiger partial charge is 0.338 e. The van der Waals surface area contributed by atoms with Crippen LogP contribution < -0.4 is 0 Å². The number of aromatic nitrogens is 2. The predicted octanol–water partition coefficient (Wildman–Crippen LogP) is 1.42. The van der Waals surface area contributed by atoms with E-state index < -0.39 is 5.97 Å². The molecule has 2 aromatic rings. The summed E-state index contributed by atoms with van der Waals surface area (Å²) < 4.78 is 10.7. The molecule has 0 saturated carbocycles. The maximum atomic E-state index is 12.2. The third kappa shape index (κ3) is 3.68. The van der Waals surface area contributed by atoms with Gasteiger partial charge in [-0.05, 0) is 32.0 Å². The van der Waals surface area contributed by atoms with Crippen molar-refractivity contribution in [3.63, 3.8) is 0 Å². The van der Waals surface area contributed by atoms with Crippen molar-refractivity contribution in [2.75, 3.05) is 19.7 Å². The Balaban J connectivity index is 1.60. The van der Waals surface area contributed by atoms with E-state index in [9.17, 15) is 9.59 Å². The number of morpholine rings is 1. The first-order valence-corrected chi connectivity index (χ1v) is 7.84. The average Bonchev–Trinajstić information content (AvgIpc) is 2.58. The minimum atomic E-state index is -0.551. The molecule has 0 radical (unpaired) electrons. The third-order valence-electron chi connectivity index (χ3n) is 3.80. The molecule has 3 rings (SSSR count). The second kappa shape index (κ2) is 6.92. The molecule has 0 aliphatic carbocycles. The van der Waals surface area contributed by atoms with Crippen LogP contribution >= 0.6 is 0 Å². The first-order valence-electron chi connectivity index (χ1n) is 7.84. The van der Waals surface area contributed by atoms with Gasteiger partial charge in [0.05, 0.1) is 28.8 Å². The number of benzene rings is 1. The lowest BCUT2D eigenvalue weighted by molar-refractivity contribution is -0.146. The molecule has 0 unspecified atom stereocenters. The molecule has 1 aliphatic rings. The van der Waals surface area contributed by atoms with E-state index in [1.165, 1.54) is 0 Å².